The molecule has 6 nitrogen and oxygen atoms in total. The molecule has 0 aromatic heterocycles. The lowest BCUT2D eigenvalue weighted by atomic mass is 10.0. The van der Waals surface area contributed by atoms with Gasteiger partial charge in [-0.3, -0.25) is 9.35 Å². The predicted octanol–water partition coefficient (Wildman–Crippen LogP) is 0.986. The van der Waals surface area contributed by atoms with Crippen molar-refractivity contribution in [2.45, 2.75) is 11.9 Å². The summed E-state index contributed by atoms with van der Waals surface area (Å²) in [6, 6.07) is 0. The van der Waals surface area contributed by atoms with Crippen LogP contribution in [0.5, 0.6) is 0 Å². The standard InChI is InChI=1S/C7H7NO2.CHF3O3S/c9-7-5-2-1-4(3-5)6(7)8-10;2-1(3,4)8(5,6)7/h1-2,4-5,10H,3H2;(H,5,6,7). The van der Waals surface area contributed by atoms with Crippen molar-refractivity contribution in [3.05, 3.63) is 12.2 Å². The number of nitrogens with zero attached hydrogens (tertiary/aromatic N) is 1. The minimum atomic E-state index is -5.84. The highest BCUT2D eigenvalue weighted by Gasteiger charge is 2.44. The van der Waals surface area contributed by atoms with E-state index in [1.807, 2.05) is 12.2 Å². The van der Waals surface area contributed by atoms with Crippen LogP contribution in [0.1, 0.15) is 6.42 Å². The van der Waals surface area contributed by atoms with E-state index in [-0.39, 0.29) is 17.6 Å². The van der Waals surface area contributed by atoms with E-state index in [4.69, 9.17) is 18.2 Å². The number of ketones is 1. The highest BCUT2D eigenvalue weighted by Crippen LogP contribution is 2.33. The number of Topliss-reactive ketones (excluding diaryl/α,β-unsaturated/α-hetero) is 1. The molecule has 2 atom stereocenters. The normalized spacial score (nSPS) is 28.4. The van der Waals surface area contributed by atoms with Crippen molar-refractivity contribution < 1.29 is 36.1 Å². The molecular weight excluding hydrogens is 279 g/mol. The van der Waals surface area contributed by atoms with Crippen LogP contribution in [-0.2, 0) is 14.9 Å². The van der Waals surface area contributed by atoms with Gasteiger partial charge in [-0.1, -0.05) is 17.3 Å². The van der Waals surface area contributed by atoms with Gasteiger partial charge in [-0.05, 0) is 6.42 Å². The summed E-state index contributed by atoms with van der Waals surface area (Å²) in [6.45, 7) is 0. The third kappa shape index (κ3) is 2.88. The minimum Gasteiger partial charge on any atom is -0.411 e. The zero-order valence-corrected chi connectivity index (χ0v) is 9.44. The maximum atomic E-state index is 11.1. The third-order valence-electron chi connectivity index (χ3n) is 2.42. The first-order chi connectivity index (χ1) is 8.08. The van der Waals surface area contributed by atoms with Gasteiger partial charge < -0.3 is 5.21 Å². The summed E-state index contributed by atoms with van der Waals surface area (Å²) in [7, 11) is -5.84. The first-order valence-electron chi connectivity index (χ1n) is 4.56. The molecule has 0 amide bonds. The Morgan fingerprint density at radius 1 is 1.28 bits per heavy atom. The summed E-state index contributed by atoms with van der Waals surface area (Å²) >= 11 is 0. The van der Waals surface area contributed by atoms with E-state index in [9.17, 15) is 18.0 Å². The van der Waals surface area contributed by atoms with Gasteiger partial charge in [0.05, 0.1) is 0 Å². The van der Waals surface area contributed by atoms with Crippen LogP contribution in [0.4, 0.5) is 13.2 Å². The SMILES string of the molecule is O=C1C(=NO)C2C=CC1C2.O=S(=O)(O)C(F)(F)F. The van der Waals surface area contributed by atoms with Crippen molar-refractivity contribution in [2.75, 3.05) is 0 Å². The summed E-state index contributed by atoms with van der Waals surface area (Å²) in [4.78, 5) is 11.1. The number of fused-ring (bicyclic) bond motifs is 2. The second kappa shape index (κ2) is 4.69. The summed E-state index contributed by atoms with van der Waals surface area (Å²) in [6.07, 6.45) is 4.64. The van der Waals surface area contributed by atoms with Gasteiger partial charge in [0.1, 0.15) is 5.71 Å². The third-order valence-corrected chi connectivity index (χ3v) is 3.01. The second-order valence-electron chi connectivity index (χ2n) is 3.60. The molecule has 0 saturated heterocycles. The predicted molar refractivity (Wildman–Crippen MR) is 52.6 cm³/mol. The van der Waals surface area contributed by atoms with E-state index >= 15 is 0 Å². The highest BCUT2D eigenvalue weighted by molar-refractivity contribution is 7.86. The molecule has 2 rings (SSSR count). The van der Waals surface area contributed by atoms with Crippen LogP contribution >= 0.6 is 0 Å². The van der Waals surface area contributed by atoms with Crippen molar-refractivity contribution in [3.63, 3.8) is 0 Å². The Hall–Kier alpha value is -1.42. The van der Waals surface area contributed by atoms with Crippen LogP contribution in [0.3, 0.4) is 0 Å². The Bertz CT molecular complexity index is 507. The van der Waals surface area contributed by atoms with Crippen LogP contribution in [-0.4, -0.2) is 35.2 Å². The Balaban J connectivity index is 0.000000187. The average Bonchev–Trinajstić information content (AvgIpc) is 2.75. The quantitative estimate of drug-likeness (QED) is 0.227. The lowest BCUT2D eigenvalue weighted by Gasteiger charge is -2.00. The second-order valence-corrected chi connectivity index (χ2v) is 5.02. The Morgan fingerprint density at radius 3 is 1.94 bits per heavy atom. The fraction of sp³-hybridized carbons (Fsp3) is 0.500. The van der Waals surface area contributed by atoms with Crippen molar-refractivity contribution >= 4 is 21.6 Å². The van der Waals surface area contributed by atoms with Crippen molar-refractivity contribution in [2.24, 2.45) is 17.0 Å². The van der Waals surface area contributed by atoms with Gasteiger partial charge in [0.2, 0.25) is 0 Å². The summed E-state index contributed by atoms with van der Waals surface area (Å²) < 4.78 is 57.5. The summed E-state index contributed by atoms with van der Waals surface area (Å²) in [5.41, 5.74) is -5.19. The molecule has 0 radical (unpaired) electrons. The molecule has 2 aliphatic carbocycles. The number of hydrogen-bond donors (Lipinski definition) is 2. The van der Waals surface area contributed by atoms with E-state index < -0.39 is 15.6 Å². The lowest BCUT2D eigenvalue weighted by Crippen LogP contribution is -2.21. The van der Waals surface area contributed by atoms with E-state index in [0.29, 0.717) is 5.71 Å². The van der Waals surface area contributed by atoms with Crippen LogP contribution in [0.25, 0.3) is 0 Å². The molecule has 1 saturated carbocycles. The zero-order chi connectivity index (χ0) is 14.1. The number of halogens is 3. The van der Waals surface area contributed by atoms with Gasteiger partial charge in [0.15, 0.2) is 5.78 Å². The maximum Gasteiger partial charge on any atom is 0.522 e. The Labute approximate surface area is 99.5 Å². The van der Waals surface area contributed by atoms with Crippen LogP contribution < -0.4 is 0 Å². The Kier molecular flexibility index (Phi) is 3.81. The first-order valence-corrected chi connectivity index (χ1v) is 6.00. The molecule has 2 bridgehead atoms. The first kappa shape index (κ1) is 14.6. The molecule has 0 spiro atoms. The number of hydrogen-bond acceptors (Lipinski definition) is 5. The molecule has 1 fully saturated rings. The minimum absolute atomic E-state index is 0.00463. The molecule has 2 N–H and O–H groups in total. The molecule has 2 aliphatic rings. The molecule has 0 aliphatic heterocycles. The molecule has 0 aromatic rings. The fourth-order valence-corrected chi connectivity index (χ4v) is 1.59. The number of carbonyl (C=O) groups excluding carboxylic acids is 1. The van der Waals surface area contributed by atoms with E-state index in [0.717, 1.165) is 6.42 Å². The van der Waals surface area contributed by atoms with E-state index in [1.54, 1.807) is 0 Å². The fourth-order valence-electron chi connectivity index (χ4n) is 1.59. The largest absolute Gasteiger partial charge is 0.522 e. The topological polar surface area (TPSA) is 104 Å². The van der Waals surface area contributed by atoms with Crippen molar-refractivity contribution in [1.29, 1.82) is 0 Å². The molecule has 10 heteroatoms. The van der Waals surface area contributed by atoms with Gasteiger partial charge >= 0.3 is 15.6 Å². The van der Waals surface area contributed by atoms with Crippen molar-refractivity contribution in [3.8, 4) is 0 Å². The van der Waals surface area contributed by atoms with Crippen molar-refractivity contribution in [1.82, 2.24) is 0 Å². The van der Waals surface area contributed by atoms with Gasteiger partial charge in [0, 0.05) is 11.8 Å². The molecule has 2 unspecified atom stereocenters. The van der Waals surface area contributed by atoms with Crippen LogP contribution in [0.2, 0.25) is 0 Å². The number of allylic oxidation sites excluding steroid dienone is 2. The lowest BCUT2D eigenvalue weighted by molar-refractivity contribution is -0.114. The average molecular weight is 287 g/mol. The monoisotopic (exact) mass is 287 g/mol. The summed E-state index contributed by atoms with van der Waals surface area (Å²) in [5.74, 6) is 0.105. The Morgan fingerprint density at radius 2 is 1.72 bits per heavy atom. The molecule has 18 heavy (non-hydrogen) atoms. The molecule has 0 aromatic carbocycles. The van der Waals surface area contributed by atoms with E-state index in [2.05, 4.69) is 5.16 Å². The highest BCUT2D eigenvalue weighted by atomic mass is 32.2. The van der Waals surface area contributed by atoms with Gasteiger partial charge in [-0.2, -0.15) is 21.6 Å². The van der Waals surface area contributed by atoms with Gasteiger partial charge in [0.25, 0.3) is 0 Å². The number of carbonyl (C=O) groups is 1. The molecule has 102 valence electrons. The zero-order valence-electron chi connectivity index (χ0n) is 8.63. The smallest absolute Gasteiger partial charge is 0.411 e. The molecule has 0 heterocycles. The van der Waals surface area contributed by atoms with Crippen LogP contribution in [0, 0.1) is 11.8 Å². The number of rotatable bonds is 0. The van der Waals surface area contributed by atoms with Crippen LogP contribution in [0.15, 0.2) is 17.3 Å². The number of oxime groups is 1. The van der Waals surface area contributed by atoms with Gasteiger partial charge in [-0.25, -0.2) is 0 Å². The summed E-state index contributed by atoms with van der Waals surface area (Å²) in [5, 5.41) is 11.4. The molecular formula is C8H8F3NO5S. The van der Waals surface area contributed by atoms with Gasteiger partial charge in [-0.15, -0.1) is 0 Å². The maximum absolute atomic E-state index is 11.1. The van der Waals surface area contributed by atoms with E-state index in [1.165, 1.54) is 0 Å². The number of alkyl halides is 3.